The van der Waals surface area contributed by atoms with Gasteiger partial charge in [-0.05, 0) is 29.4 Å². The van der Waals surface area contributed by atoms with Crippen molar-refractivity contribution in [2.45, 2.75) is 45.6 Å². The van der Waals surface area contributed by atoms with E-state index in [1.165, 1.54) is 11.1 Å². The van der Waals surface area contributed by atoms with Gasteiger partial charge in [-0.25, -0.2) is 0 Å². The Labute approximate surface area is 136 Å². The number of fused-ring (bicyclic) bond motifs is 4. The van der Waals surface area contributed by atoms with Crippen molar-refractivity contribution in [3.05, 3.63) is 46.7 Å². The Morgan fingerprint density at radius 2 is 2.04 bits per heavy atom. The van der Waals surface area contributed by atoms with E-state index in [9.17, 15) is 10.0 Å². The molecular weight excluding hydrogens is 288 g/mol. The summed E-state index contributed by atoms with van der Waals surface area (Å²) in [6, 6.07) is 8.69. The standard InChI is InChI=1S/C19H22N2O2/c1-19(2)10-16-18(17(22)11-19)14(20-23)9-15-13-6-4-3-5-12(13)7-8-21(15)16/h3-6,15,23H,7-11H2,1-2H3/b20-14+. The summed E-state index contributed by atoms with van der Waals surface area (Å²) in [5.74, 6) is 0.126. The van der Waals surface area contributed by atoms with Gasteiger partial charge in [0, 0.05) is 25.1 Å². The third-order valence-corrected chi connectivity index (χ3v) is 5.41. The average Bonchev–Trinajstić information content (AvgIpc) is 2.52. The summed E-state index contributed by atoms with van der Waals surface area (Å²) in [6.07, 6.45) is 3.01. The highest BCUT2D eigenvalue weighted by Gasteiger charge is 2.44. The van der Waals surface area contributed by atoms with Gasteiger partial charge in [0.2, 0.25) is 0 Å². The molecule has 2 aliphatic heterocycles. The lowest BCUT2D eigenvalue weighted by Crippen LogP contribution is -2.45. The molecule has 0 aromatic heterocycles. The molecular formula is C19H22N2O2. The van der Waals surface area contributed by atoms with Crippen LogP contribution >= 0.6 is 0 Å². The van der Waals surface area contributed by atoms with Gasteiger partial charge in [-0.2, -0.15) is 0 Å². The number of nitrogens with zero attached hydrogens (tertiary/aromatic N) is 2. The normalized spacial score (nSPS) is 27.6. The Hall–Kier alpha value is -2.10. The molecule has 1 N–H and O–H groups in total. The molecule has 4 nitrogen and oxygen atoms in total. The second-order valence-electron chi connectivity index (χ2n) is 7.67. The third-order valence-electron chi connectivity index (χ3n) is 5.41. The van der Waals surface area contributed by atoms with E-state index in [-0.39, 0.29) is 17.2 Å². The lowest BCUT2D eigenvalue weighted by Gasteiger charge is -2.48. The topological polar surface area (TPSA) is 52.9 Å². The maximum atomic E-state index is 12.7. The van der Waals surface area contributed by atoms with Crippen LogP contribution in [0.4, 0.5) is 0 Å². The van der Waals surface area contributed by atoms with Crippen LogP contribution in [0, 0.1) is 5.41 Å². The highest BCUT2D eigenvalue weighted by atomic mass is 16.4. The molecule has 4 rings (SSSR count). The summed E-state index contributed by atoms with van der Waals surface area (Å²) in [4.78, 5) is 15.1. The summed E-state index contributed by atoms with van der Waals surface area (Å²) in [6.45, 7) is 5.22. The largest absolute Gasteiger partial charge is 0.411 e. The van der Waals surface area contributed by atoms with Crippen molar-refractivity contribution in [2.75, 3.05) is 6.54 Å². The number of hydrogen-bond acceptors (Lipinski definition) is 4. The van der Waals surface area contributed by atoms with Crippen molar-refractivity contribution in [3.8, 4) is 0 Å². The first kappa shape index (κ1) is 14.5. The van der Waals surface area contributed by atoms with Gasteiger partial charge in [0.1, 0.15) is 0 Å². The van der Waals surface area contributed by atoms with Crippen LogP contribution in [-0.4, -0.2) is 28.1 Å². The van der Waals surface area contributed by atoms with E-state index in [0.717, 1.165) is 25.1 Å². The van der Waals surface area contributed by atoms with Crippen LogP contribution in [-0.2, 0) is 11.2 Å². The van der Waals surface area contributed by atoms with E-state index in [4.69, 9.17) is 0 Å². The number of rotatable bonds is 0. The second-order valence-corrected chi connectivity index (χ2v) is 7.67. The van der Waals surface area contributed by atoms with Gasteiger partial charge < -0.3 is 10.1 Å². The van der Waals surface area contributed by atoms with Gasteiger partial charge in [-0.3, -0.25) is 4.79 Å². The van der Waals surface area contributed by atoms with Crippen LogP contribution < -0.4 is 0 Å². The number of hydrogen-bond donors (Lipinski definition) is 1. The lowest BCUT2D eigenvalue weighted by molar-refractivity contribution is -0.118. The van der Waals surface area contributed by atoms with Gasteiger partial charge in [0.05, 0.1) is 17.3 Å². The second kappa shape index (κ2) is 4.95. The van der Waals surface area contributed by atoms with Crippen LogP contribution in [0.5, 0.6) is 0 Å². The van der Waals surface area contributed by atoms with Crippen molar-refractivity contribution in [2.24, 2.45) is 10.6 Å². The lowest BCUT2D eigenvalue weighted by atomic mass is 9.71. The van der Waals surface area contributed by atoms with Crippen LogP contribution in [0.1, 0.15) is 50.3 Å². The average molecular weight is 310 g/mol. The zero-order valence-corrected chi connectivity index (χ0v) is 13.7. The molecule has 0 saturated heterocycles. The molecule has 1 aromatic carbocycles. The molecule has 1 unspecified atom stereocenters. The maximum absolute atomic E-state index is 12.7. The molecule has 0 fully saturated rings. The molecule has 0 bridgehead atoms. The quantitative estimate of drug-likeness (QED) is 0.590. The van der Waals surface area contributed by atoms with Crippen molar-refractivity contribution in [3.63, 3.8) is 0 Å². The van der Waals surface area contributed by atoms with E-state index in [0.29, 0.717) is 24.1 Å². The molecule has 23 heavy (non-hydrogen) atoms. The molecule has 0 spiro atoms. The smallest absolute Gasteiger partial charge is 0.167 e. The van der Waals surface area contributed by atoms with Gasteiger partial charge >= 0.3 is 0 Å². The Kier molecular flexibility index (Phi) is 3.12. The minimum Gasteiger partial charge on any atom is -0.411 e. The number of allylic oxidation sites excluding steroid dienone is 2. The number of ketones is 1. The fraction of sp³-hybridized carbons (Fsp3) is 0.474. The van der Waals surface area contributed by atoms with Crippen LogP contribution in [0.25, 0.3) is 0 Å². The number of oxime groups is 1. The third kappa shape index (κ3) is 2.19. The SMILES string of the molecule is CC1(C)CC(=O)C2=C(C1)N1CCc3ccccc3C1C/C2=N\O. The first-order valence-corrected chi connectivity index (χ1v) is 8.32. The summed E-state index contributed by atoms with van der Waals surface area (Å²) < 4.78 is 0. The maximum Gasteiger partial charge on any atom is 0.167 e. The highest BCUT2D eigenvalue weighted by Crippen LogP contribution is 2.47. The van der Waals surface area contributed by atoms with E-state index in [1.807, 2.05) is 0 Å². The van der Waals surface area contributed by atoms with Crippen molar-refractivity contribution in [1.29, 1.82) is 0 Å². The zero-order valence-electron chi connectivity index (χ0n) is 13.7. The van der Waals surface area contributed by atoms with E-state index >= 15 is 0 Å². The van der Waals surface area contributed by atoms with Crippen molar-refractivity contribution >= 4 is 11.5 Å². The fourth-order valence-electron chi connectivity index (χ4n) is 4.43. The van der Waals surface area contributed by atoms with Crippen LogP contribution in [0.2, 0.25) is 0 Å². The number of carbonyl (C=O) groups is 1. The van der Waals surface area contributed by atoms with Gasteiger partial charge in [-0.15, -0.1) is 0 Å². The van der Waals surface area contributed by atoms with Gasteiger partial charge in [0.15, 0.2) is 5.78 Å². The van der Waals surface area contributed by atoms with Gasteiger partial charge in [0.25, 0.3) is 0 Å². The molecule has 1 aromatic rings. The molecule has 1 atom stereocenters. The molecule has 2 heterocycles. The van der Waals surface area contributed by atoms with E-state index in [2.05, 4.69) is 48.2 Å². The molecule has 0 amide bonds. The monoisotopic (exact) mass is 310 g/mol. The molecule has 4 heteroatoms. The molecule has 1 aliphatic carbocycles. The zero-order chi connectivity index (χ0) is 16.2. The van der Waals surface area contributed by atoms with E-state index in [1.54, 1.807) is 0 Å². The first-order chi connectivity index (χ1) is 11.0. The highest BCUT2D eigenvalue weighted by molar-refractivity contribution is 6.24. The Balaban J connectivity index is 1.86. The van der Waals surface area contributed by atoms with E-state index < -0.39 is 0 Å². The number of Topliss-reactive ketones (excluding diaryl/α,β-unsaturated/α-hetero) is 1. The number of carbonyl (C=O) groups excluding carboxylic acids is 1. The summed E-state index contributed by atoms with van der Waals surface area (Å²) in [5.41, 5.74) is 4.99. The predicted octanol–water partition coefficient (Wildman–Crippen LogP) is 3.46. The first-order valence-electron chi connectivity index (χ1n) is 8.32. The molecule has 0 radical (unpaired) electrons. The Morgan fingerprint density at radius 3 is 2.83 bits per heavy atom. The predicted molar refractivity (Wildman–Crippen MR) is 88.5 cm³/mol. The molecule has 0 saturated carbocycles. The van der Waals surface area contributed by atoms with Gasteiger partial charge in [-0.1, -0.05) is 43.3 Å². The van der Waals surface area contributed by atoms with Crippen molar-refractivity contribution < 1.29 is 10.0 Å². The minimum atomic E-state index is -0.0324. The van der Waals surface area contributed by atoms with Crippen molar-refractivity contribution in [1.82, 2.24) is 4.90 Å². The molecule has 3 aliphatic rings. The number of benzene rings is 1. The Morgan fingerprint density at radius 1 is 1.26 bits per heavy atom. The summed E-state index contributed by atoms with van der Waals surface area (Å²) in [7, 11) is 0. The van der Waals surface area contributed by atoms with Crippen LogP contribution in [0.3, 0.4) is 0 Å². The fourth-order valence-corrected chi connectivity index (χ4v) is 4.43. The summed E-state index contributed by atoms with van der Waals surface area (Å²) in [5, 5.41) is 13.0. The summed E-state index contributed by atoms with van der Waals surface area (Å²) >= 11 is 0. The minimum absolute atomic E-state index is 0.0324. The molecule has 120 valence electrons. The van der Waals surface area contributed by atoms with Crippen LogP contribution in [0.15, 0.2) is 40.7 Å². The Bertz CT molecular complexity index is 745.